The minimum atomic E-state index is 0.902. The average molecular weight is 287 g/mol. The summed E-state index contributed by atoms with van der Waals surface area (Å²) < 4.78 is 0. The van der Waals surface area contributed by atoms with Crippen molar-refractivity contribution in [2.75, 3.05) is 13.1 Å². The van der Waals surface area contributed by atoms with E-state index in [0.29, 0.717) is 0 Å². The molecule has 110 valence electrons. The highest BCUT2D eigenvalue weighted by Gasteiger charge is 1.93. The van der Waals surface area contributed by atoms with Crippen LogP contribution in [0.15, 0.2) is 78.9 Å². The molecule has 0 aromatic heterocycles. The van der Waals surface area contributed by atoms with Crippen LogP contribution in [0.1, 0.15) is 11.1 Å². The Balaban J connectivity index is 1.47. The second-order valence-electron chi connectivity index (χ2n) is 5.45. The van der Waals surface area contributed by atoms with Gasteiger partial charge < -0.3 is 5.32 Å². The maximum Gasteiger partial charge on any atom is 0.0138 e. The molecule has 3 aromatic carbocycles. The molecule has 0 aliphatic rings. The second-order valence-corrected chi connectivity index (χ2v) is 5.45. The van der Waals surface area contributed by atoms with Gasteiger partial charge in [-0.05, 0) is 40.9 Å². The van der Waals surface area contributed by atoms with Gasteiger partial charge in [0.2, 0.25) is 0 Å². The van der Waals surface area contributed by atoms with Crippen molar-refractivity contribution in [3.05, 3.63) is 90.0 Å². The highest BCUT2D eigenvalue weighted by molar-refractivity contribution is 5.84. The lowest BCUT2D eigenvalue weighted by atomic mass is 10.1. The molecular formula is C21H21N. The molecule has 0 bridgehead atoms. The Kier molecular flexibility index (Phi) is 5.01. The summed E-state index contributed by atoms with van der Waals surface area (Å²) in [6.45, 7) is 1.91. The lowest BCUT2D eigenvalue weighted by Crippen LogP contribution is -2.16. The first-order chi connectivity index (χ1) is 10.9. The van der Waals surface area contributed by atoms with Gasteiger partial charge in [0.15, 0.2) is 0 Å². The second kappa shape index (κ2) is 7.58. The molecule has 1 nitrogen and oxygen atoms in total. The van der Waals surface area contributed by atoms with Crippen LogP contribution in [0.5, 0.6) is 0 Å². The third-order valence-electron chi connectivity index (χ3n) is 3.78. The van der Waals surface area contributed by atoms with Crippen molar-refractivity contribution in [1.29, 1.82) is 0 Å². The summed E-state index contributed by atoms with van der Waals surface area (Å²) >= 11 is 0. The summed E-state index contributed by atoms with van der Waals surface area (Å²) in [5, 5.41) is 6.04. The third kappa shape index (κ3) is 4.06. The fourth-order valence-corrected chi connectivity index (χ4v) is 2.57. The normalized spacial score (nSPS) is 11.3. The van der Waals surface area contributed by atoms with Gasteiger partial charge in [-0.15, -0.1) is 0 Å². The largest absolute Gasteiger partial charge is 0.313 e. The van der Waals surface area contributed by atoms with Crippen molar-refractivity contribution >= 4 is 16.8 Å². The summed E-state index contributed by atoms with van der Waals surface area (Å²) in [4.78, 5) is 0. The summed E-state index contributed by atoms with van der Waals surface area (Å²) in [6, 6.07) is 25.6. The first kappa shape index (κ1) is 14.6. The molecule has 0 unspecified atom stereocenters. The Morgan fingerprint density at radius 2 is 1.55 bits per heavy atom. The van der Waals surface area contributed by atoms with Crippen LogP contribution in [0, 0.1) is 0 Å². The van der Waals surface area contributed by atoms with Crippen molar-refractivity contribution < 1.29 is 0 Å². The molecule has 0 radical (unpaired) electrons. The topological polar surface area (TPSA) is 12.0 Å². The van der Waals surface area contributed by atoms with Gasteiger partial charge in [-0.3, -0.25) is 0 Å². The zero-order valence-corrected chi connectivity index (χ0v) is 12.7. The number of benzene rings is 3. The Morgan fingerprint density at radius 3 is 2.41 bits per heavy atom. The lowest BCUT2D eigenvalue weighted by Gasteiger charge is -2.02. The van der Waals surface area contributed by atoms with E-state index in [0.717, 1.165) is 19.5 Å². The van der Waals surface area contributed by atoms with E-state index in [9.17, 15) is 0 Å². The van der Waals surface area contributed by atoms with Gasteiger partial charge in [-0.25, -0.2) is 0 Å². The zero-order valence-electron chi connectivity index (χ0n) is 12.7. The summed E-state index contributed by atoms with van der Waals surface area (Å²) in [7, 11) is 0. The van der Waals surface area contributed by atoms with Crippen LogP contribution in [0.2, 0.25) is 0 Å². The number of hydrogen-bond acceptors (Lipinski definition) is 1. The van der Waals surface area contributed by atoms with Crippen LogP contribution < -0.4 is 5.32 Å². The Bertz CT molecular complexity index is 744. The van der Waals surface area contributed by atoms with Crippen LogP contribution in [-0.2, 0) is 6.42 Å². The minimum Gasteiger partial charge on any atom is -0.313 e. The van der Waals surface area contributed by atoms with Gasteiger partial charge in [0.1, 0.15) is 0 Å². The minimum absolute atomic E-state index is 0.902. The third-order valence-corrected chi connectivity index (χ3v) is 3.78. The maximum atomic E-state index is 3.45. The SMILES string of the molecule is C(=C\c1ccc2ccccc2c1)/CNCCc1ccccc1. The first-order valence-electron chi connectivity index (χ1n) is 7.82. The average Bonchev–Trinajstić information content (AvgIpc) is 2.59. The van der Waals surface area contributed by atoms with E-state index in [1.54, 1.807) is 0 Å². The molecule has 0 spiro atoms. The zero-order chi connectivity index (χ0) is 15.0. The molecular weight excluding hydrogens is 266 g/mol. The van der Waals surface area contributed by atoms with Gasteiger partial charge in [-0.2, -0.15) is 0 Å². The van der Waals surface area contributed by atoms with E-state index in [1.165, 1.54) is 21.9 Å². The highest BCUT2D eigenvalue weighted by atomic mass is 14.8. The molecule has 0 saturated heterocycles. The van der Waals surface area contributed by atoms with Crippen LogP contribution >= 0.6 is 0 Å². The van der Waals surface area contributed by atoms with Gasteiger partial charge in [0.25, 0.3) is 0 Å². The molecule has 0 atom stereocenters. The van der Waals surface area contributed by atoms with Crippen LogP contribution in [0.25, 0.3) is 16.8 Å². The fourth-order valence-electron chi connectivity index (χ4n) is 2.57. The number of rotatable bonds is 6. The van der Waals surface area contributed by atoms with Crippen molar-refractivity contribution in [2.45, 2.75) is 6.42 Å². The molecule has 0 heterocycles. The highest BCUT2D eigenvalue weighted by Crippen LogP contribution is 2.16. The quantitative estimate of drug-likeness (QED) is 0.649. The number of nitrogens with one attached hydrogen (secondary N) is 1. The number of hydrogen-bond donors (Lipinski definition) is 1. The molecule has 22 heavy (non-hydrogen) atoms. The molecule has 0 saturated carbocycles. The van der Waals surface area contributed by atoms with Gasteiger partial charge in [0, 0.05) is 6.54 Å². The summed E-state index contributed by atoms with van der Waals surface area (Å²) in [6.07, 6.45) is 5.45. The van der Waals surface area contributed by atoms with E-state index >= 15 is 0 Å². The van der Waals surface area contributed by atoms with Gasteiger partial charge in [-0.1, -0.05) is 78.9 Å². The Morgan fingerprint density at radius 1 is 0.773 bits per heavy atom. The smallest absolute Gasteiger partial charge is 0.0138 e. The monoisotopic (exact) mass is 287 g/mol. The standard InChI is InChI=1S/C21H21N/c1-2-7-18(8-3-1)14-16-22-15-6-9-19-12-13-20-10-4-5-11-21(20)17-19/h1-13,17,22H,14-16H2/b9-6+. The van der Waals surface area contributed by atoms with Crippen molar-refractivity contribution in [3.63, 3.8) is 0 Å². The molecule has 0 fully saturated rings. The van der Waals surface area contributed by atoms with Crippen molar-refractivity contribution in [1.82, 2.24) is 5.32 Å². The van der Waals surface area contributed by atoms with Crippen LogP contribution in [0.4, 0.5) is 0 Å². The molecule has 0 aliphatic carbocycles. The Labute approximate surface area is 132 Å². The van der Waals surface area contributed by atoms with E-state index in [1.807, 2.05) is 0 Å². The van der Waals surface area contributed by atoms with E-state index < -0.39 is 0 Å². The van der Waals surface area contributed by atoms with Crippen LogP contribution in [0.3, 0.4) is 0 Å². The van der Waals surface area contributed by atoms with E-state index in [4.69, 9.17) is 0 Å². The molecule has 1 N–H and O–H groups in total. The maximum absolute atomic E-state index is 3.45. The molecule has 1 heteroatoms. The lowest BCUT2D eigenvalue weighted by molar-refractivity contribution is 0.745. The molecule has 3 aromatic rings. The van der Waals surface area contributed by atoms with E-state index in [-0.39, 0.29) is 0 Å². The molecule has 0 aliphatic heterocycles. The van der Waals surface area contributed by atoms with Crippen molar-refractivity contribution in [2.24, 2.45) is 0 Å². The predicted molar refractivity (Wildman–Crippen MR) is 96.0 cm³/mol. The fraction of sp³-hybridized carbons (Fsp3) is 0.143. The molecule has 0 amide bonds. The summed E-state index contributed by atoms with van der Waals surface area (Å²) in [5.41, 5.74) is 2.64. The van der Waals surface area contributed by atoms with Crippen LogP contribution in [-0.4, -0.2) is 13.1 Å². The number of fused-ring (bicyclic) bond motifs is 1. The van der Waals surface area contributed by atoms with E-state index in [2.05, 4.69) is 90.3 Å². The predicted octanol–water partition coefficient (Wildman–Crippen LogP) is 4.69. The Hall–Kier alpha value is -2.38. The van der Waals surface area contributed by atoms with Gasteiger partial charge >= 0.3 is 0 Å². The first-order valence-corrected chi connectivity index (χ1v) is 7.82. The summed E-state index contributed by atoms with van der Waals surface area (Å²) in [5.74, 6) is 0. The van der Waals surface area contributed by atoms with Gasteiger partial charge in [0.05, 0.1) is 0 Å². The molecule has 3 rings (SSSR count). The van der Waals surface area contributed by atoms with Crippen molar-refractivity contribution in [3.8, 4) is 0 Å².